The number of carboxylic acids is 1. The Kier molecular flexibility index (Phi) is 5.52. The van der Waals surface area contributed by atoms with Crippen LogP contribution < -0.4 is 4.74 Å². The van der Waals surface area contributed by atoms with Crippen molar-refractivity contribution in [3.63, 3.8) is 0 Å². The van der Waals surface area contributed by atoms with E-state index >= 15 is 0 Å². The molecular weight excluding hydrogens is 301 g/mol. The fourth-order valence-corrected chi connectivity index (χ4v) is 2.80. The van der Waals surface area contributed by atoms with Gasteiger partial charge in [0.05, 0.1) is 10.9 Å². The van der Waals surface area contributed by atoms with Gasteiger partial charge in [-0.25, -0.2) is 0 Å². The van der Waals surface area contributed by atoms with Gasteiger partial charge in [-0.2, -0.15) is 0 Å². The molecule has 0 radical (unpaired) electrons. The lowest BCUT2D eigenvalue weighted by Crippen LogP contribution is -2.40. The summed E-state index contributed by atoms with van der Waals surface area (Å²) in [5.74, 6) is -0.373. The Balaban J connectivity index is 1.79. The molecule has 1 N–H and O–H groups in total. The van der Waals surface area contributed by atoms with Crippen LogP contribution in [-0.4, -0.2) is 42.2 Å². The third-order valence-electron chi connectivity index (χ3n) is 3.41. The molecule has 110 valence electrons. The number of halogens is 2. The smallest absolute Gasteiger partial charge is 0.307 e. The average Bonchev–Trinajstić information content (AvgIpc) is 2.41. The maximum Gasteiger partial charge on any atom is 0.307 e. The van der Waals surface area contributed by atoms with Crippen LogP contribution in [0.15, 0.2) is 18.2 Å². The van der Waals surface area contributed by atoms with Crippen molar-refractivity contribution in [2.24, 2.45) is 5.92 Å². The quantitative estimate of drug-likeness (QED) is 0.906. The minimum atomic E-state index is -0.712. The van der Waals surface area contributed by atoms with Gasteiger partial charge in [0.15, 0.2) is 0 Å². The lowest BCUT2D eigenvalue weighted by Gasteiger charge is -2.30. The van der Waals surface area contributed by atoms with Gasteiger partial charge in [0.25, 0.3) is 0 Å². The van der Waals surface area contributed by atoms with E-state index < -0.39 is 5.97 Å². The van der Waals surface area contributed by atoms with Crippen molar-refractivity contribution >= 4 is 29.2 Å². The van der Waals surface area contributed by atoms with Gasteiger partial charge in [0.1, 0.15) is 12.4 Å². The van der Waals surface area contributed by atoms with Crippen LogP contribution in [-0.2, 0) is 4.79 Å². The first-order valence-corrected chi connectivity index (χ1v) is 7.35. The van der Waals surface area contributed by atoms with Crippen LogP contribution in [0.25, 0.3) is 0 Å². The number of hydrogen-bond donors (Lipinski definition) is 1. The molecule has 0 unspecified atom stereocenters. The molecule has 0 spiro atoms. The number of nitrogens with zero attached hydrogens (tertiary/aromatic N) is 1. The molecule has 1 aromatic carbocycles. The maximum atomic E-state index is 11.0. The van der Waals surface area contributed by atoms with Gasteiger partial charge in [-0.1, -0.05) is 23.2 Å². The lowest BCUT2D eigenvalue weighted by atomic mass is 9.98. The van der Waals surface area contributed by atoms with Gasteiger partial charge in [0, 0.05) is 18.1 Å². The molecule has 1 heterocycles. The Morgan fingerprint density at radius 2 is 2.25 bits per heavy atom. The SMILES string of the molecule is O=C(O)[C@@H]1CCCN(CCOc2ccc(Cl)cc2Cl)C1. The van der Waals surface area contributed by atoms with Crippen molar-refractivity contribution in [3.05, 3.63) is 28.2 Å². The number of carboxylic acid groups (broad SMARTS) is 1. The van der Waals surface area contributed by atoms with Crippen LogP contribution in [0.4, 0.5) is 0 Å². The van der Waals surface area contributed by atoms with Crippen LogP contribution in [0.3, 0.4) is 0 Å². The van der Waals surface area contributed by atoms with Crippen molar-refractivity contribution in [3.8, 4) is 5.75 Å². The molecule has 1 saturated heterocycles. The van der Waals surface area contributed by atoms with Crippen LogP contribution >= 0.6 is 23.2 Å². The molecule has 0 saturated carbocycles. The Morgan fingerprint density at radius 3 is 2.95 bits per heavy atom. The number of ether oxygens (including phenoxy) is 1. The molecule has 0 amide bonds. The lowest BCUT2D eigenvalue weighted by molar-refractivity contribution is -0.143. The van der Waals surface area contributed by atoms with Gasteiger partial charge < -0.3 is 9.84 Å². The third kappa shape index (κ3) is 4.27. The Bertz CT molecular complexity index is 481. The first kappa shape index (κ1) is 15.4. The normalized spacial score (nSPS) is 19.8. The highest BCUT2D eigenvalue weighted by Crippen LogP contribution is 2.27. The van der Waals surface area contributed by atoms with E-state index in [9.17, 15) is 4.79 Å². The van der Waals surface area contributed by atoms with Crippen LogP contribution in [0, 0.1) is 5.92 Å². The van der Waals surface area contributed by atoms with Gasteiger partial charge in [-0.3, -0.25) is 9.69 Å². The monoisotopic (exact) mass is 317 g/mol. The summed E-state index contributed by atoms with van der Waals surface area (Å²) >= 11 is 11.8. The molecule has 1 fully saturated rings. The van der Waals surface area contributed by atoms with E-state index in [0.29, 0.717) is 35.5 Å². The summed E-state index contributed by atoms with van der Waals surface area (Å²) in [5.41, 5.74) is 0. The van der Waals surface area contributed by atoms with Crippen molar-refractivity contribution in [1.82, 2.24) is 4.90 Å². The fraction of sp³-hybridized carbons (Fsp3) is 0.500. The Morgan fingerprint density at radius 1 is 1.45 bits per heavy atom. The van der Waals surface area contributed by atoms with E-state index in [1.807, 2.05) is 0 Å². The topological polar surface area (TPSA) is 49.8 Å². The molecule has 2 rings (SSSR count). The number of carbonyl (C=O) groups is 1. The van der Waals surface area contributed by atoms with Gasteiger partial charge in [0.2, 0.25) is 0 Å². The number of rotatable bonds is 5. The van der Waals surface area contributed by atoms with Gasteiger partial charge >= 0.3 is 5.97 Å². The molecule has 0 aromatic heterocycles. The molecule has 6 heteroatoms. The molecule has 20 heavy (non-hydrogen) atoms. The zero-order valence-electron chi connectivity index (χ0n) is 11.0. The van der Waals surface area contributed by atoms with Crippen LogP contribution in [0.5, 0.6) is 5.75 Å². The number of benzene rings is 1. The van der Waals surface area contributed by atoms with Gasteiger partial charge in [-0.15, -0.1) is 0 Å². The predicted molar refractivity (Wildman–Crippen MR) is 78.8 cm³/mol. The summed E-state index contributed by atoms with van der Waals surface area (Å²) in [5, 5.41) is 10.1. The maximum absolute atomic E-state index is 11.0. The minimum Gasteiger partial charge on any atom is -0.491 e. The standard InChI is InChI=1S/C14H17Cl2NO3/c15-11-3-4-13(12(16)8-11)20-7-6-17-5-1-2-10(9-17)14(18)19/h3-4,8,10H,1-2,5-7,9H2,(H,18,19)/t10-/m1/s1. The molecule has 0 aliphatic carbocycles. The first-order chi connectivity index (χ1) is 9.56. The number of piperidine rings is 1. The second-order valence-electron chi connectivity index (χ2n) is 4.90. The number of hydrogen-bond acceptors (Lipinski definition) is 3. The molecule has 1 aliphatic rings. The van der Waals surface area contributed by atoms with E-state index in [4.69, 9.17) is 33.0 Å². The molecule has 1 aromatic rings. The minimum absolute atomic E-state index is 0.261. The average molecular weight is 318 g/mol. The van der Waals surface area contributed by atoms with E-state index in [0.717, 1.165) is 19.4 Å². The molecular formula is C14H17Cl2NO3. The Labute approximate surface area is 128 Å². The van der Waals surface area contributed by atoms with E-state index in [1.54, 1.807) is 18.2 Å². The highest BCUT2D eigenvalue weighted by atomic mass is 35.5. The molecule has 1 atom stereocenters. The first-order valence-electron chi connectivity index (χ1n) is 6.59. The fourth-order valence-electron chi connectivity index (χ4n) is 2.34. The number of likely N-dealkylation sites (tertiary alicyclic amines) is 1. The van der Waals surface area contributed by atoms with E-state index in [-0.39, 0.29) is 5.92 Å². The Hall–Kier alpha value is -0.970. The molecule has 0 bridgehead atoms. The van der Waals surface area contributed by atoms with Crippen molar-refractivity contribution in [2.75, 3.05) is 26.2 Å². The highest BCUT2D eigenvalue weighted by Gasteiger charge is 2.24. The number of aliphatic carboxylic acids is 1. The van der Waals surface area contributed by atoms with Crippen molar-refractivity contribution < 1.29 is 14.6 Å². The summed E-state index contributed by atoms with van der Waals surface area (Å²) in [7, 11) is 0. The van der Waals surface area contributed by atoms with Crippen LogP contribution in [0.1, 0.15) is 12.8 Å². The van der Waals surface area contributed by atoms with E-state index in [1.165, 1.54) is 0 Å². The zero-order valence-corrected chi connectivity index (χ0v) is 12.5. The summed E-state index contributed by atoms with van der Waals surface area (Å²) in [4.78, 5) is 13.1. The van der Waals surface area contributed by atoms with E-state index in [2.05, 4.69) is 4.90 Å². The third-order valence-corrected chi connectivity index (χ3v) is 3.94. The van der Waals surface area contributed by atoms with Crippen LogP contribution in [0.2, 0.25) is 10.0 Å². The summed E-state index contributed by atoms with van der Waals surface area (Å²) in [6.45, 7) is 2.69. The predicted octanol–water partition coefficient (Wildman–Crippen LogP) is 3.17. The van der Waals surface area contributed by atoms with Gasteiger partial charge in [-0.05, 0) is 37.6 Å². The second-order valence-corrected chi connectivity index (χ2v) is 5.74. The summed E-state index contributed by atoms with van der Waals surface area (Å²) in [6, 6.07) is 5.10. The summed E-state index contributed by atoms with van der Waals surface area (Å²) in [6.07, 6.45) is 1.67. The highest BCUT2D eigenvalue weighted by molar-refractivity contribution is 6.35. The zero-order chi connectivity index (χ0) is 14.5. The van der Waals surface area contributed by atoms with Crippen molar-refractivity contribution in [2.45, 2.75) is 12.8 Å². The molecule has 4 nitrogen and oxygen atoms in total. The van der Waals surface area contributed by atoms with Crippen molar-refractivity contribution in [1.29, 1.82) is 0 Å². The summed E-state index contributed by atoms with van der Waals surface area (Å²) < 4.78 is 5.61. The molecule has 1 aliphatic heterocycles. The largest absolute Gasteiger partial charge is 0.491 e. The second kappa shape index (κ2) is 7.16.